The topological polar surface area (TPSA) is 89.8 Å². The van der Waals surface area contributed by atoms with Gasteiger partial charge in [0.25, 0.3) is 0 Å². The van der Waals surface area contributed by atoms with Crippen LogP contribution in [0.5, 0.6) is 0 Å². The third kappa shape index (κ3) is 3.01. The van der Waals surface area contributed by atoms with Crippen LogP contribution in [0.1, 0.15) is 31.4 Å². The molecule has 136 valence electrons. The summed E-state index contributed by atoms with van der Waals surface area (Å²) >= 11 is 5.90. The molecule has 1 aliphatic rings. The smallest absolute Gasteiger partial charge is 0.233 e. The van der Waals surface area contributed by atoms with Crippen molar-refractivity contribution in [3.8, 4) is 5.82 Å². The van der Waals surface area contributed by atoms with Crippen molar-refractivity contribution < 1.29 is 12.8 Å². The summed E-state index contributed by atoms with van der Waals surface area (Å²) in [5.41, 5.74) is 0.784. The molecular formula is C16H15ClFN5O2S. The van der Waals surface area contributed by atoms with E-state index < -0.39 is 10.0 Å². The Balaban J connectivity index is 1.92. The van der Waals surface area contributed by atoms with Crippen molar-refractivity contribution in [2.45, 2.75) is 25.7 Å². The van der Waals surface area contributed by atoms with Gasteiger partial charge in [0.05, 0.1) is 16.8 Å². The monoisotopic (exact) mass is 395 g/mol. The summed E-state index contributed by atoms with van der Waals surface area (Å²) in [7, 11) is -3.47. The fourth-order valence-corrected chi connectivity index (χ4v) is 3.52. The largest absolute Gasteiger partial charge is 0.279 e. The van der Waals surface area contributed by atoms with E-state index in [1.54, 1.807) is 16.7 Å². The van der Waals surface area contributed by atoms with Gasteiger partial charge in [-0.15, -0.1) is 0 Å². The highest BCUT2D eigenvalue weighted by Gasteiger charge is 2.34. The maximum absolute atomic E-state index is 14.9. The number of halogens is 2. The SMILES string of the molecule is CCS(=O)(=O)Nc1cccc(-n2c(C3CC3)c(F)c3cnc(Cl)nc32)n1. The van der Waals surface area contributed by atoms with Gasteiger partial charge in [0, 0.05) is 12.1 Å². The molecule has 3 aromatic rings. The van der Waals surface area contributed by atoms with E-state index in [-0.39, 0.29) is 34.0 Å². The van der Waals surface area contributed by atoms with Crippen LogP contribution in [0.15, 0.2) is 24.4 Å². The number of nitrogens with zero attached hydrogens (tertiary/aromatic N) is 4. The highest BCUT2D eigenvalue weighted by molar-refractivity contribution is 7.92. The van der Waals surface area contributed by atoms with Gasteiger partial charge in [0.2, 0.25) is 15.3 Å². The Hall–Kier alpha value is -2.26. The van der Waals surface area contributed by atoms with Gasteiger partial charge in [-0.1, -0.05) is 6.07 Å². The summed E-state index contributed by atoms with van der Waals surface area (Å²) in [6, 6.07) is 4.86. The molecular weight excluding hydrogens is 381 g/mol. The molecule has 1 aliphatic carbocycles. The first kappa shape index (κ1) is 17.2. The lowest BCUT2D eigenvalue weighted by Gasteiger charge is -2.11. The number of hydrogen-bond acceptors (Lipinski definition) is 5. The minimum atomic E-state index is -3.47. The number of anilines is 1. The Kier molecular flexibility index (Phi) is 4.07. The standard InChI is InChI=1S/C16H15ClFN5O2S/c1-2-26(24,25)22-11-4-3-5-12(20-11)23-14(9-6-7-9)13(18)10-8-19-16(17)21-15(10)23/h3-5,8-9H,2,6-7H2,1H3,(H,20,22). The molecule has 1 N–H and O–H groups in total. The van der Waals surface area contributed by atoms with Gasteiger partial charge in [-0.25, -0.2) is 22.8 Å². The molecule has 0 bridgehead atoms. The van der Waals surface area contributed by atoms with Gasteiger partial charge in [-0.05, 0) is 43.5 Å². The van der Waals surface area contributed by atoms with Crippen molar-refractivity contribution in [1.82, 2.24) is 19.5 Å². The number of rotatable bonds is 5. The van der Waals surface area contributed by atoms with Gasteiger partial charge in [-0.2, -0.15) is 4.98 Å². The number of aromatic nitrogens is 4. The van der Waals surface area contributed by atoms with Crippen molar-refractivity contribution >= 4 is 38.5 Å². The van der Waals surface area contributed by atoms with Crippen LogP contribution in [0, 0.1) is 5.82 Å². The zero-order valence-electron chi connectivity index (χ0n) is 13.8. The van der Waals surface area contributed by atoms with E-state index in [1.165, 1.54) is 19.2 Å². The number of pyridine rings is 1. The maximum atomic E-state index is 14.9. The van der Waals surface area contributed by atoms with E-state index in [2.05, 4.69) is 19.7 Å². The van der Waals surface area contributed by atoms with Gasteiger partial charge in [-0.3, -0.25) is 9.29 Å². The summed E-state index contributed by atoms with van der Waals surface area (Å²) in [6.07, 6.45) is 3.10. The molecule has 0 spiro atoms. The van der Waals surface area contributed by atoms with Crippen LogP contribution in [0.2, 0.25) is 5.28 Å². The Morgan fingerprint density at radius 2 is 2.12 bits per heavy atom. The second kappa shape index (κ2) is 6.17. The lowest BCUT2D eigenvalue weighted by Crippen LogP contribution is -2.16. The third-order valence-electron chi connectivity index (χ3n) is 4.22. The van der Waals surface area contributed by atoms with Crippen molar-refractivity contribution in [2.24, 2.45) is 0 Å². The molecule has 3 aromatic heterocycles. The molecule has 3 heterocycles. The van der Waals surface area contributed by atoms with Crippen molar-refractivity contribution in [2.75, 3.05) is 10.5 Å². The average Bonchev–Trinajstić information content (AvgIpc) is 3.39. The van der Waals surface area contributed by atoms with Crippen molar-refractivity contribution in [3.05, 3.63) is 41.2 Å². The maximum Gasteiger partial charge on any atom is 0.233 e. The molecule has 10 heteroatoms. The number of fused-ring (bicyclic) bond motifs is 1. The summed E-state index contributed by atoms with van der Waals surface area (Å²) in [5.74, 6) is 0.137. The van der Waals surface area contributed by atoms with E-state index in [1.807, 2.05) is 0 Å². The fraction of sp³-hybridized carbons (Fsp3) is 0.312. The Morgan fingerprint density at radius 3 is 2.81 bits per heavy atom. The van der Waals surface area contributed by atoms with Gasteiger partial charge in [0.1, 0.15) is 11.6 Å². The van der Waals surface area contributed by atoms with Gasteiger partial charge in [0.15, 0.2) is 11.5 Å². The summed E-state index contributed by atoms with van der Waals surface area (Å²) in [6.45, 7) is 1.53. The predicted octanol–water partition coefficient (Wildman–Crippen LogP) is 3.25. The zero-order chi connectivity index (χ0) is 18.5. The quantitative estimate of drug-likeness (QED) is 0.670. The second-order valence-electron chi connectivity index (χ2n) is 6.07. The Morgan fingerprint density at radius 1 is 1.35 bits per heavy atom. The number of sulfonamides is 1. The first-order valence-electron chi connectivity index (χ1n) is 8.10. The third-order valence-corrected chi connectivity index (χ3v) is 5.68. The minimum Gasteiger partial charge on any atom is -0.279 e. The van der Waals surface area contributed by atoms with Crippen LogP contribution in [0.25, 0.3) is 16.9 Å². The summed E-state index contributed by atoms with van der Waals surface area (Å²) in [4.78, 5) is 12.4. The van der Waals surface area contributed by atoms with Crippen LogP contribution < -0.4 is 4.72 Å². The summed E-state index contributed by atoms with van der Waals surface area (Å²) in [5, 5.41) is 0.263. The number of nitrogens with one attached hydrogen (secondary N) is 1. The molecule has 7 nitrogen and oxygen atoms in total. The highest BCUT2D eigenvalue weighted by Crippen LogP contribution is 2.44. The Bertz CT molecular complexity index is 1110. The number of hydrogen-bond donors (Lipinski definition) is 1. The van der Waals surface area contributed by atoms with Crippen LogP contribution in [0.4, 0.5) is 10.2 Å². The van der Waals surface area contributed by atoms with Crippen LogP contribution >= 0.6 is 11.6 Å². The van der Waals surface area contributed by atoms with Crippen LogP contribution in [-0.2, 0) is 10.0 Å². The molecule has 0 radical (unpaired) electrons. The average molecular weight is 396 g/mol. The normalized spacial score (nSPS) is 14.7. The Labute approximate surface area is 154 Å². The molecule has 0 unspecified atom stereocenters. The van der Waals surface area contributed by atoms with E-state index in [9.17, 15) is 12.8 Å². The predicted molar refractivity (Wildman–Crippen MR) is 96.7 cm³/mol. The molecule has 0 aromatic carbocycles. The second-order valence-corrected chi connectivity index (χ2v) is 8.42. The van der Waals surface area contributed by atoms with Gasteiger partial charge >= 0.3 is 0 Å². The summed E-state index contributed by atoms with van der Waals surface area (Å²) < 4.78 is 42.6. The highest BCUT2D eigenvalue weighted by atomic mass is 35.5. The van der Waals surface area contributed by atoms with Crippen molar-refractivity contribution in [3.63, 3.8) is 0 Å². The molecule has 0 amide bonds. The minimum absolute atomic E-state index is 0.00133. The van der Waals surface area contributed by atoms with E-state index in [0.717, 1.165) is 12.8 Å². The van der Waals surface area contributed by atoms with Gasteiger partial charge < -0.3 is 0 Å². The molecule has 26 heavy (non-hydrogen) atoms. The first-order valence-corrected chi connectivity index (χ1v) is 10.1. The molecule has 1 saturated carbocycles. The lowest BCUT2D eigenvalue weighted by molar-refractivity contribution is 0.602. The molecule has 0 atom stereocenters. The first-order chi connectivity index (χ1) is 12.4. The van der Waals surface area contributed by atoms with E-state index in [4.69, 9.17) is 11.6 Å². The van der Waals surface area contributed by atoms with Crippen LogP contribution in [-0.4, -0.2) is 33.7 Å². The molecule has 4 rings (SSSR count). The lowest BCUT2D eigenvalue weighted by atomic mass is 10.2. The molecule has 1 fully saturated rings. The molecule has 0 aliphatic heterocycles. The molecule has 0 saturated heterocycles. The van der Waals surface area contributed by atoms with Crippen molar-refractivity contribution in [1.29, 1.82) is 0 Å². The van der Waals surface area contributed by atoms with E-state index >= 15 is 0 Å². The van der Waals surface area contributed by atoms with Crippen LogP contribution in [0.3, 0.4) is 0 Å². The van der Waals surface area contributed by atoms with E-state index in [0.29, 0.717) is 17.2 Å². The zero-order valence-corrected chi connectivity index (χ0v) is 15.4. The fourth-order valence-electron chi connectivity index (χ4n) is 2.81.